The van der Waals surface area contributed by atoms with Crippen molar-refractivity contribution < 1.29 is 4.74 Å². The van der Waals surface area contributed by atoms with Crippen molar-refractivity contribution in [3.05, 3.63) is 39.4 Å². The molecule has 1 aromatic carbocycles. The van der Waals surface area contributed by atoms with E-state index in [0.29, 0.717) is 17.3 Å². The Kier molecular flexibility index (Phi) is 4.63. The smallest absolute Gasteiger partial charge is 0.228 e. The molecule has 1 heterocycles. The molecule has 1 N–H and O–H groups in total. The fourth-order valence-corrected chi connectivity index (χ4v) is 2.07. The number of hydrogen-bond acceptors (Lipinski definition) is 5. The first kappa shape index (κ1) is 14.1. The third-order valence-electron chi connectivity index (χ3n) is 2.30. The van der Waals surface area contributed by atoms with E-state index in [1.807, 2.05) is 6.07 Å². The van der Waals surface area contributed by atoms with Crippen LogP contribution >= 0.6 is 34.8 Å². The summed E-state index contributed by atoms with van der Waals surface area (Å²) in [7, 11) is 1.58. The number of methoxy groups -OCH3 is 1. The molecule has 8 heteroatoms. The number of rotatable bonds is 4. The van der Waals surface area contributed by atoms with Gasteiger partial charge in [-0.05, 0) is 35.3 Å². The summed E-state index contributed by atoms with van der Waals surface area (Å²) in [6, 6.07) is 5.39. The van der Waals surface area contributed by atoms with Crippen molar-refractivity contribution in [3.8, 4) is 5.75 Å². The summed E-state index contributed by atoms with van der Waals surface area (Å²) in [6.45, 7) is 0.375. The fourth-order valence-electron chi connectivity index (χ4n) is 1.47. The molecule has 0 bridgehead atoms. The van der Waals surface area contributed by atoms with Crippen molar-refractivity contribution in [3.63, 3.8) is 0 Å². The van der Waals surface area contributed by atoms with Crippen LogP contribution in [0.15, 0.2) is 18.2 Å². The molecule has 0 aliphatic heterocycles. The summed E-state index contributed by atoms with van der Waals surface area (Å²) in [4.78, 5) is 11.5. The maximum atomic E-state index is 6.11. The standard InChI is InChI=1S/C11H9Cl3N4O/c1-19-8-4-2-3-7(12)6(8)5-15-11-17-9(13)16-10(14)18-11/h2-4H,5H2,1H3,(H,15,16,17,18). The van der Waals surface area contributed by atoms with Gasteiger partial charge in [-0.15, -0.1) is 0 Å². The van der Waals surface area contributed by atoms with E-state index in [1.165, 1.54) is 0 Å². The lowest BCUT2D eigenvalue weighted by molar-refractivity contribution is 0.410. The van der Waals surface area contributed by atoms with Gasteiger partial charge in [0.1, 0.15) is 5.75 Å². The van der Waals surface area contributed by atoms with Crippen LogP contribution in [0.1, 0.15) is 5.56 Å². The van der Waals surface area contributed by atoms with Crippen molar-refractivity contribution in [2.75, 3.05) is 12.4 Å². The highest BCUT2D eigenvalue weighted by molar-refractivity contribution is 6.31. The van der Waals surface area contributed by atoms with E-state index in [4.69, 9.17) is 39.5 Å². The predicted molar refractivity (Wildman–Crippen MR) is 75.2 cm³/mol. The van der Waals surface area contributed by atoms with E-state index in [1.54, 1.807) is 19.2 Å². The Balaban J connectivity index is 2.18. The number of nitrogens with zero attached hydrogens (tertiary/aromatic N) is 3. The summed E-state index contributed by atoms with van der Waals surface area (Å²) in [6.07, 6.45) is 0. The molecule has 0 saturated carbocycles. The molecule has 1 aromatic heterocycles. The molecule has 2 aromatic rings. The van der Waals surface area contributed by atoms with Gasteiger partial charge in [0.2, 0.25) is 16.5 Å². The van der Waals surface area contributed by atoms with Crippen LogP contribution in [0.2, 0.25) is 15.6 Å². The quantitative estimate of drug-likeness (QED) is 0.935. The lowest BCUT2D eigenvalue weighted by atomic mass is 10.2. The number of halogens is 3. The van der Waals surface area contributed by atoms with Gasteiger partial charge >= 0.3 is 0 Å². The first-order chi connectivity index (χ1) is 9.10. The second-order valence-corrected chi connectivity index (χ2v) is 4.55. The molecule has 0 amide bonds. The number of nitrogens with one attached hydrogen (secondary N) is 1. The Morgan fingerprint density at radius 2 is 1.79 bits per heavy atom. The first-order valence-electron chi connectivity index (χ1n) is 5.22. The third kappa shape index (κ3) is 3.59. The molecule has 100 valence electrons. The maximum Gasteiger partial charge on any atom is 0.228 e. The first-order valence-corrected chi connectivity index (χ1v) is 6.36. The lowest BCUT2D eigenvalue weighted by Crippen LogP contribution is -2.06. The fraction of sp³-hybridized carbons (Fsp3) is 0.182. The average Bonchev–Trinajstić information content (AvgIpc) is 2.36. The molecule has 2 rings (SSSR count). The second kappa shape index (κ2) is 6.23. The van der Waals surface area contributed by atoms with Crippen LogP contribution in [0.3, 0.4) is 0 Å². The van der Waals surface area contributed by atoms with Crippen LogP contribution in [0.4, 0.5) is 5.95 Å². The summed E-state index contributed by atoms with van der Waals surface area (Å²) < 4.78 is 5.23. The van der Waals surface area contributed by atoms with Gasteiger partial charge in [-0.2, -0.15) is 15.0 Å². The SMILES string of the molecule is COc1cccc(Cl)c1CNc1nc(Cl)nc(Cl)n1. The Morgan fingerprint density at radius 1 is 1.11 bits per heavy atom. The molecule has 0 unspecified atom stereocenters. The summed E-state index contributed by atoms with van der Waals surface area (Å²) in [5.74, 6) is 0.943. The largest absolute Gasteiger partial charge is 0.496 e. The van der Waals surface area contributed by atoms with E-state index in [9.17, 15) is 0 Å². The normalized spacial score (nSPS) is 10.3. The van der Waals surface area contributed by atoms with Gasteiger partial charge in [-0.25, -0.2) is 0 Å². The van der Waals surface area contributed by atoms with Crippen LogP contribution in [-0.2, 0) is 6.54 Å². The van der Waals surface area contributed by atoms with E-state index >= 15 is 0 Å². The van der Waals surface area contributed by atoms with E-state index in [-0.39, 0.29) is 16.5 Å². The van der Waals surface area contributed by atoms with Gasteiger partial charge in [0, 0.05) is 17.1 Å². The van der Waals surface area contributed by atoms with Crippen molar-refractivity contribution in [2.24, 2.45) is 0 Å². The molecular weight excluding hydrogens is 311 g/mol. The van der Waals surface area contributed by atoms with Crippen LogP contribution in [-0.4, -0.2) is 22.1 Å². The van der Waals surface area contributed by atoms with Gasteiger partial charge in [0.15, 0.2) is 0 Å². The Labute approximate surface area is 124 Å². The highest BCUT2D eigenvalue weighted by Gasteiger charge is 2.09. The van der Waals surface area contributed by atoms with Gasteiger partial charge in [0.05, 0.1) is 7.11 Å². The van der Waals surface area contributed by atoms with Gasteiger partial charge in [0.25, 0.3) is 0 Å². The number of aromatic nitrogens is 3. The Bertz CT molecular complexity index is 574. The molecular formula is C11H9Cl3N4O. The Hall–Kier alpha value is -1.30. The van der Waals surface area contributed by atoms with E-state index < -0.39 is 0 Å². The van der Waals surface area contributed by atoms with E-state index in [2.05, 4.69) is 20.3 Å². The molecule has 0 fully saturated rings. The third-order valence-corrected chi connectivity index (χ3v) is 2.99. The minimum absolute atomic E-state index is 0.0219. The van der Waals surface area contributed by atoms with Crippen LogP contribution in [0, 0.1) is 0 Å². The number of hydrogen-bond donors (Lipinski definition) is 1. The topological polar surface area (TPSA) is 59.9 Å². The van der Waals surface area contributed by atoms with Crippen LogP contribution in [0.5, 0.6) is 5.75 Å². The Morgan fingerprint density at radius 3 is 2.42 bits per heavy atom. The molecule has 0 radical (unpaired) electrons. The second-order valence-electron chi connectivity index (χ2n) is 3.47. The van der Waals surface area contributed by atoms with Gasteiger partial charge < -0.3 is 10.1 Å². The summed E-state index contributed by atoms with van der Waals surface area (Å²) in [5.41, 5.74) is 0.791. The zero-order valence-corrected chi connectivity index (χ0v) is 12.1. The monoisotopic (exact) mass is 318 g/mol. The minimum atomic E-state index is 0.0219. The summed E-state index contributed by atoms with van der Waals surface area (Å²) in [5, 5.41) is 3.59. The van der Waals surface area contributed by atoms with E-state index in [0.717, 1.165) is 5.56 Å². The van der Waals surface area contributed by atoms with Crippen LogP contribution in [0.25, 0.3) is 0 Å². The molecule has 0 aliphatic carbocycles. The molecule has 0 spiro atoms. The highest BCUT2D eigenvalue weighted by atomic mass is 35.5. The molecule has 19 heavy (non-hydrogen) atoms. The summed E-state index contributed by atoms with van der Waals surface area (Å²) >= 11 is 17.5. The number of anilines is 1. The van der Waals surface area contributed by atoms with Crippen molar-refractivity contribution >= 4 is 40.8 Å². The molecule has 0 atom stereocenters. The maximum absolute atomic E-state index is 6.11. The molecule has 5 nitrogen and oxygen atoms in total. The number of benzene rings is 1. The van der Waals surface area contributed by atoms with Gasteiger partial charge in [-0.3, -0.25) is 0 Å². The minimum Gasteiger partial charge on any atom is -0.496 e. The van der Waals surface area contributed by atoms with Crippen LogP contribution < -0.4 is 10.1 Å². The number of ether oxygens (including phenoxy) is 1. The predicted octanol–water partition coefficient (Wildman–Crippen LogP) is 3.45. The van der Waals surface area contributed by atoms with Crippen molar-refractivity contribution in [1.29, 1.82) is 0 Å². The zero-order valence-electron chi connectivity index (χ0n) is 9.82. The molecule has 0 aliphatic rings. The molecule has 0 saturated heterocycles. The average molecular weight is 320 g/mol. The van der Waals surface area contributed by atoms with Gasteiger partial charge in [-0.1, -0.05) is 17.7 Å². The highest BCUT2D eigenvalue weighted by Crippen LogP contribution is 2.26. The zero-order chi connectivity index (χ0) is 13.8. The van der Waals surface area contributed by atoms with Crippen molar-refractivity contribution in [1.82, 2.24) is 15.0 Å². The lowest BCUT2D eigenvalue weighted by Gasteiger charge is -2.11. The van der Waals surface area contributed by atoms with Crippen molar-refractivity contribution in [2.45, 2.75) is 6.54 Å².